The van der Waals surface area contributed by atoms with Crippen LogP contribution in [-0.4, -0.2) is 38.3 Å². The summed E-state index contributed by atoms with van der Waals surface area (Å²) in [5, 5.41) is 7.89. The minimum absolute atomic E-state index is 0.678. The number of rotatable bonds is 7. The van der Waals surface area contributed by atoms with E-state index < -0.39 is 0 Å². The third kappa shape index (κ3) is 4.39. The summed E-state index contributed by atoms with van der Waals surface area (Å²) in [6.07, 6.45) is 0.873. The number of anilines is 1. The van der Waals surface area contributed by atoms with Crippen LogP contribution in [0.3, 0.4) is 0 Å². The number of fused-ring (bicyclic) bond motifs is 1. The Morgan fingerprint density at radius 1 is 1.07 bits per heavy atom. The highest BCUT2D eigenvalue weighted by Gasteiger charge is 2.09. The first-order valence-electron chi connectivity index (χ1n) is 9.49. The van der Waals surface area contributed by atoms with Crippen molar-refractivity contribution >= 4 is 22.5 Å². The van der Waals surface area contributed by atoms with E-state index in [0.717, 1.165) is 24.6 Å². The lowest BCUT2D eigenvalue weighted by molar-refractivity contribution is 0.355. The Morgan fingerprint density at radius 3 is 2.61 bits per heavy atom. The van der Waals surface area contributed by atoms with Crippen LogP contribution in [0, 0.1) is 6.92 Å². The molecule has 0 amide bonds. The van der Waals surface area contributed by atoms with Crippen molar-refractivity contribution in [3.05, 3.63) is 53.7 Å². The first-order chi connectivity index (χ1) is 13.7. The van der Waals surface area contributed by atoms with Crippen molar-refractivity contribution in [1.82, 2.24) is 10.3 Å². The molecule has 6 heteroatoms. The molecule has 0 aliphatic heterocycles. The third-order valence-electron chi connectivity index (χ3n) is 4.65. The fourth-order valence-electron chi connectivity index (χ4n) is 3.29. The number of aryl methyl sites for hydroxylation is 1. The number of methoxy groups -OCH3 is 2. The lowest BCUT2D eigenvalue weighted by atomic mass is 10.1. The Bertz CT molecular complexity index is 962. The maximum atomic E-state index is 5.37. The first-order valence-corrected chi connectivity index (χ1v) is 9.49. The number of aliphatic imine (C=N–C) groups is 1. The highest BCUT2D eigenvalue weighted by molar-refractivity contribution is 5.94. The van der Waals surface area contributed by atoms with Crippen LogP contribution < -0.4 is 20.1 Å². The molecule has 0 saturated carbocycles. The van der Waals surface area contributed by atoms with Crippen LogP contribution in [0.4, 0.5) is 5.69 Å². The van der Waals surface area contributed by atoms with Gasteiger partial charge in [0.25, 0.3) is 0 Å². The zero-order valence-electron chi connectivity index (χ0n) is 16.9. The molecule has 1 aromatic heterocycles. The molecule has 6 nitrogen and oxygen atoms in total. The van der Waals surface area contributed by atoms with Gasteiger partial charge >= 0.3 is 0 Å². The van der Waals surface area contributed by atoms with Gasteiger partial charge < -0.3 is 25.1 Å². The molecular formula is C22H28N4O2. The first kappa shape index (κ1) is 19.6. The van der Waals surface area contributed by atoms with Gasteiger partial charge in [-0.1, -0.05) is 18.2 Å². The topological polar surface area (TPSA) is 70.7 Å². The summed E-state index contributed by atoms with van der Waals surface area (Å²) in [7, 11) is 3.26. The number of hydrogen-bond acceptors (Lipinski definition) is 3. The van der Waals surface area contributed by atoms with Gasteiger partial charge in [-0.05, 0) is 44.0 Å². The average Bonchev–Trinajstić information content (AvgIpc) is 3.03. The molecule has 0 unspecified atom stereocenters. The zero-order chi connectivity index (χ0) is 19.9. The summed E-state index contributed by atoms with van der Waals surface area (Å²) < 4.78 is 10.7. The number of benzene rings is 2. The second-order valence-electron chi connectivity index (χ2n) is 6.48. The third-order valence-corrected chi connectivity index (χ3v) is 4.65. The number of H-pyrrole nitrogens is 1. The maximum absolute atomic E-state index is 5.37. The highest BCUT2D eigenvalue weighted by Crippen LogP contribution is 2.29. The normalized spacial score (nSPS) is 11.5. The summed E-state index contributed by atoms with van der Waals surface area (Å²) in [6.45, 7) is 5.64. The number of nitrogens with one attached hydrogen (secondary N) is 3. The fourth-order valence-corrected chi connectivity index (χ4v) is 3.29. The van der Waals surface area contributed by atoms with Gasteiger partial charge in [-0.25, -0.2) is 0 Å². The second kappa shape index (κ2) is 9.17. The van der Waals surface area contributed by atoms with Gasteiger partial charge in [-0.15, -0.1) is 0 Å². The van der Waals surface area contributed by atoms with E-state index in [0.29, 0.717) is 18.0 Å². The highest BCUT2D eigenvalue weighted by atomic mass is 16.5. The summed E-state index contributed by atoms with van der Waals surface area (Å²) in [5.74, 6) is 2.12. The molecule has 1 heterocycles. The van der Waals surface area contributed by atoms with Crippen LogP contribution in [0.25, 0.3) is 10.9 Å². The Morgan fingerprint density at radius 2 is 1.86 bits per heavy atom. The van der Waals surface area contributed by atoms with Crippen LogP contribution in [0.2, 0.25) is 0 Å². The SMILES string of the molecule is CCNC(=NCCc1c(C)[nH]c2ccccc12)Nc1ccc(OC)c(OC)c1. The lowest BCUT2D eigenvalue weighted by Crippen LogP contribution is -2.30. The van der Waals surface area contributed by atoms with Crippen molar-refractivity contribution in [2.24, 2.45) is 4.99 Å². The Balaban J connectivity index is 1.73. The Labute approximate surface area is 166 Å². The molecule has 0 aliphatic carbocycles. The monoisotopic (exact) mass is 380 g/mol. The Hall–Kier alpha value is -3.15. The molecular weight excluding hydrogens is 352 g/mol. The molecule has 0 atom stereocenters. The van der Waals surface area contributed by atoms with Crippen molar-refractivity contribution in [3.8, 4) is 11.5 Å². The van der Waals surface area contributed by atoms with Crippen molar-refractivity contribution < 1.29 is 9.47 Å². The Kier molecular flexibility index (Phi) is 6.42. The van der Waals surface area contributed by atoms with E-state index >= 15 is 0 Å². The van der Waals surface area contributed by atoms with Crippen molar-refractivity contribution in [3.63, 3.8) is 0 Å². The van der Waals surface area contributed by atoms with Crippen molar-refractivity contribution in [2.45, 2.75) is 20.3 Å². The van der Waals surface area contributed by atoms with Gasteiger partial charge in [-0.3, -0.25) is 4.99 Å². The molecule has 0 spiro atoms. The number of hydrogen-bond donors (Lipinski definition) is 3. The van der Waals surface area contributed by atoms with Crippen LogP contribution in [-0.2, 0) is 6.42 Å². The molecule has 0 fully saturated rings. The van der Waals surface area contributed by atoms with Gasteiger partial charge in [0.05, 0.1) is 14.2 Å². The quantitative estimate of drug-likeness (QED) is 0.426. The number of guanidine groups is 1. The molecule has 28 heavy (non-hydrogen) atoms. The average molecular weight is 380 g/mol. The summed E-state index contributed by atoms with van der Waals surface area (Å²) in [4.78, 5) is 8.19. The number of aromatic nitrogens is 1. The van der Waals surface area contributed by atoms with E-state index in [4.69, 9.17) is 14.5 Å². The van der Waals surface area contributed by atoms with Crippen molar-refractivity contribution in [1.29, 1.82) is 0 Å². The van der Waals surface area contributed by atoms with Gasteiger partial charge in [0.15, 0.2) is 17.5 Å². The van der Waals surface area contributed by atoms with E-state index in [1.54, 1.807) is 14.2 Å². The maximum Gasteiger partial charge on any atom is 0.195 e. The summed E-state index contributed by atoms with van der Waals surface area (Å²) in [5.41, 5.74) is 4.59. The van der Waals surface area contributed by atoms with Crippen LogP contribution in [0.1, 0.15) is 18.2 Å². The minimum Gasteiger partial charge on any atom is -0.493 e. The molecule has 0 aliphatic rings. The predicted octanol–water partition coefficient (Wildman–Crippen LogP) is 4.11. The molecule has 0 bridgehead atoms. The van der Waals surface area contributed by atoms with E-state index in [9.17, 15) is 0 Å². The second-order valence-corrected chi connectivity index (χ2v) is 6.48. The van der Waals surface area contributed by atoms with Gasteiger partial charge in [0.2, 0.25) is 0 Å². The van der Waals surface area contributed by atoms with E-state index in [-0.39, 0.29) is 0 Å². The zero-order valence-corrected chi connectivity index (χ0v) is 16.9. The molecule has 3 rings (SSSR count). The van der Waals surface area contributed by atoms with Crippen LogP contribution in [0.15, 0.2) is 47.5 Å². The molecule has 3 N–H and O–H groups in total. The van der Waals surface area contributed by atoms with E-state index in [2.05, 4.69) is 53.7 Å². The molecule has 3 aromatic rings. The lowest BCUT2D eigenvalue weighted by Gasteiger charge is -2.14. The van der Waals surface area contributed by atoms with E-state index in [1.807, 2.05) is 18.2 Å². The smallest absolute Gasteiger partial charge is 0.195 e. The van der Waals surface area contributed by atoms with Crippen molar-refractivity contribution in [2.75, 3.05) is 32.6 Å². The number of para-hydroxylation sites is 1. The number of ether oxygens (including phenoxy) is 2. The largest absolute Gasteiger partial charge is 0.493 e. The number of nitrogens with zero attached hydrogens (tertiary/aromatic N) is 1. The molecule has 148 valence electrons. The van der Waals surface area contributed by atoms with Crippen LogP contribution in [0.5, 0.6) is 11.5 Å². The standard InChI is InChI=1S/C22H28N4O2/c1-5-23-22(26-16-10-11-20(27-3)21(14-16)28-4)24-13-12-17-15(2)25-19-9-7-6-8-18(17)19/h6-11,14,25H,5,12-13H2,1-4H3,(H2,23,24,26). The number of aromatic amines is 1. The predicted molar refractivity (Wildman–Crippen MR) is 116 cm³/mol. The molecule has 0 saturated heterocycles. The van der Waals surface area contributed by atoms with Gasteiger partial charge in [0, 0.05) is 41.4 Å². The minimum atomic E-state index is 0.678. The molecule has 0 radical (unpaired) electrons. The summed E-state index contributed by atoms with van der Waals surface area (Å²) >= 11 is 0. The van der Waals surface area contributed by atoms with E-state index in [1.165, 1.54) is 22.2 Å². The van der Waals surface area contributed by atoms with Gasteiger partial charge in [-0.2, -0.15) is 0 Å². The fraction of sp³-hybridized carbons (Fsp3) is 0.318. The van der Waals surface area contributed by atoms with Gasteiger partial charge in [0.1, 0.15) is 0 Å². The summed E-state index contributed by atoms with van der Waals surface area (Å²) in [6, 6.07) is 14.1. The van der Waals surface area contributed by atoms with Crippen LogP contribution >= 0.6 is 0 Å². The molecule has 2 aromatic carbocycles.